The number of amides is 1. The fraction of sp³-hybridized carbons (Fsp3) is 0.320. The Morgan fingerprint density at radius 1 is 0.906 bits per heavy atom. The maximum absolute atomic E-state index is 13.2. The van der Waals surface area contributed by atoms with E-state index in [2.05, 4.69) is 5.32 Å². The van der Waals surface area contributed by atoms with Gasteiger partial charge in [-0.3, -0.25) is 4.79 Å². The number of nitrogens with zero attached hydrogens (tertiary/aromatic N) is 1. The number of fused-ring (bicyclic) bond motifs is 2. The molecule has 0 aromatic heterocycles. The molecule has 1 N–H and O–H groups in total. The van der Waals surface area contributed by atoms with E-state index in [0.717, 1.165) is 28.5 Å². The second-order valence-corrected chi connectivity index (χ2v) is 10.4. The second kappa shape index (κ2) is 8.56. The fourth-order valence-electron chi connectivity index (χ4n) is 4.62. The topological polar surface area (TPSA) is 75.7 Å². The van der Waals surface area contributed by atoms with Crippen LogP contribution in [0, 0.1) is 5.92 Å². The van der Waals surface area contributed by atoms with Crippen LogP contribution in [0.4, 0.5) is 0 Å². The van der Waals surface area contributed by atoms with Gasteiger partial charge < -0.3 is 10.1 Å². The highest BCUT2D eigenvalue weighted by Gasteiger charge is 2.33. The standard InChI is InChI=1S/C25H26N2O4S/c28-25(26-23-13-16-31-24-8-4-3-7-22(23)24)19-11-14-27(15-12-19)32(29,30)21-10-9-18-5-1-2-6-20(18)17-21/h1-10,17,19,23H,11-16H2,(H,26,28)/t23-/m0/s1. The van der Waals surface area contributed by atoms with E-state index in [1.165, 1.54) is 4.31 Å². The Hall–Kier alpha value is -2.90. The van der Waals surface area contributed by atoms with Crippen LogP contribution >= 0.6 is 0 Å². The van der Waals surface area contributed by atoms with Gasteiger partial charge in [0.25, 0.3) is 0 Å². The van der Waals surface area contributed by atoms with E-state index < -0.39 is 10.0 Å². The van der Waals surface area contributed by atoms with E-state index >= 15 is 0 Å². The number of hydrogen-bond donors (Lipinski definition) is 1. The molecule has 1 amide bonds. The van der Waals surface area contributed by atoms with E-state index in [-0.39, 0.29) is 17.9 Å². The Kier molecular flexibility index (Phi) is 5.61. The number of nitrogens with one attached hydrogen (secondary N) is 1. The molecule has 3 aromatic carbocycles. The number of carbonyl (C=O) groups excluding carboxylic acids is 1. The van der Waals surface area contributed by atoms with Gasteiger partial charge in [-0.25, -0.2) is 8.42 Å². The molecule has 1 fully saturated rings. The van der Waals surface area contributed by atoms with Crippen molar-refractivity contribution in [2.45, 2.75) is 30.2 Å². The van der Waals surface area contributed by atoms with Gasteiger partial charge in [0.1, 0.15) is 5.75 Å². The summed E-state index contributed by atoms with van der Waals surface area (Å²) >= 11 is 0. The van der Waals surface area contributed by atoms with Gasteiger partial charge in [-0.2, -0.15) is 4.31 Å². The first-order chi connectivity index (χ1) is 15.5. The van der Waals surface area contributed by atoms with Crippen molar-refractivity contribution in [2.75, 3.05) is 19.7 Å². The Balaban J connectivity index is 1.24. The van der Waals surface area contributed by atoms with Crippen LogP contribution in [0.25, 0.3) is 10.8 Å². The lowest BCUT2D eigenvalue weighted by Gasteiger charge is -2.32. The van der Waals surface area contributed by atoms with Gasteiger partial charge in [0.15, 0.2) is 0 Å². The minimum atomic E-state index is -3.58. The summed E-state index contributed by atoms with van der Waals surface area (Å²) in [5.74, 6) is 0.628. The Morgan fingerprint density at radius 3 is 2.44 bits per heavy atom. The van der Waals surface area contributed by atoms with Crippen LogP contribution in [-0.4, -0.2) is 38.3 Å². The second-order valence-electron chi connectivity index (χ2n) is 8.42. The first-order valence-corrected chi connectivity index (χ1v) is 12.5. The van der Waals surface area contributed by atoms with Crippen molar-refractivity contribution in [2.24, 2.45) is 5.92 Å². The average Bonchev–Trinajstić information content (AvgIpc) is 2.84. The third-order valence-corrected chi connectivity index (χ3v) is 8.35. The molecule has 6 nitrogen and oxygen atoms in total. The molecule has 166 valence electrons. The quantitative estimate of drug-likeness (QED) is 0.655. The highest BCUT2D eigenvalue weighted by molar-refractivity contribution is 7.89. The van der Waals surface area contributed by atoms with Crippen molar-refractivity contribution < 1.29 is 17.9 Å². The minimum Gasteiger partial charge on any atom is -0.493 e. The molecule has 2 aliphatic heterocycles. The number of sulfonamides is 1. The maximum atomic E-state index is 13.2. The predicted octanol–water partition coefficient (Wildman–Crippen LogP) is 3.88. The number of piperidine rings is 1. The van der Waals surface area contributed by atoms with E-state index in [1.54, 1.807) is 12.1 Å². The molecule has 0 spiro atoms. The van der Waals surface area contributed by atoms with Crippen LogP contribution in [0.2, 0.25) is 0 Å². The van der Waals surface area contributed by atoms with E-state index in [4.69, 9.17) is 4.74 Å². The molecule has 0 bridgehead atoms. The largest absolute Gasteiger partial charge is 0.493 e. The third-order valence-electron chi connectivity index (χ3n) is 6.46. The normalized spacial score (nSPS) is 19.8. The molecule has 2 aliphatic rings. The molecule has 0 radical (unpaired) electrons. The number of ether oxygens (including phenoxy) is 1. The summed E-state index contributed by atoms with van der Waals surface area (Å²) < 4.78 is 33.5. The molecule has 2 heterocycles. The molecule has 0 aliphatic carbocycles. The highest BCUT2D eigenvalue weighted by atomic mass is 32.2. The van der Waals surface area contributed by atoms with Crippen molar-refractivity contribution in [3.05, 3.63) is 72.3 Å². The number of carbonyl (C=O) groups is 1. The summed E-state index contributed by atoms with van der Waals surface area (Å²) in [6.45, 7) is 1.26. The highest BCUT2D eigenvalue weighted by Crippen LogP contribution is 2.32. The fourth-order valence-corrected chi connectivity index (χ4v) is 6.12. The molecule has 32 heavy (non-hydrogen) atoms. The monoisotopic (exact) mass is 450 g/mol. The molecule has 0 saturated carbocycles. The minimum absolute atomic E-state index is 0.00513. The molecular formula is C25H26N2O4S. The van der Waals surface area contributed by atoms with E-state index in [0.29, 0.717) is 37.4 Å². The van der Waals surface area contributed by atoms with Crippen LogP contribution in [0.15, 0.2) is 71.6 Å². The Labute approximate surface area is 188 Å². The van der Waals surface area contributed by atoms with Crippen molar-refractivity contribution >= 4 is 26.7 Å². The first-order valence-electron chi connectivity index (χ1n) is 11.0. The van der Waals surface area contributed by atoms with Crippen molar-refractivity contribution in [3.63, 3.8) is 0 Å². The van der Waals surface area contributed by atoms with Gasteiger partial charge in [-0.05, 0) is 41.8 Å². The number of rotatable bonds is 4. The third kappa shape index (κ3) is 3.98. The van der Waals surface area contributed by atoms with Gasteiger partial charge in [-0.1, -0.05) is 48.5 Å². The number of hydrogen-bond acceptors (Lipinski definition) is 4. The lowest BCUT2D eigenvalue weighted by molar-refractivity contribution is -0.127. The first kappa shape index (κ1) is 21.0. The zero-order valence-electron chi connectivity index (χ0n) is 17.7. The van der Waals surface area contributed by atoms with Gasteiger partial charge >= 0.3 is 0 Å². The van der Waals surface area contributed by atoms with Gasteiger partial charge in [0.2, 0.25) is 15.9 Å². The van der Waals surface area contributed by atoms with Crippen LogP contribution in [-0.2, 0) is 14.8 Å². The van der Waals surface area contributed by atoms with Crippen LogP contribution < -0.4 is 10.1 Å². The smallest absolute Gasteiger partial charge is 0.243 e. The number of para-hydroxylation sites is 1. The lowest BCUT2D eigenvalue weighted by atomic mass is 9.95. The van der Waals surface area contributed by atoms with E-state index in [9.17, 15) is 13.2 Å². The molecule has 7 heteroatoms. The summed E-state index contributed by atoms with van der Waals surface area (Å²) in [7, 11) is -3.58. The Bertz CT molecular complexity index is 1250. The number of benzene rings is 3. The SMILES string of the molecule is O=C(N[C@H]1CCOc2ccccc21)C1CCN(S(=O)(=O)c2ccc3ccccc3c2)CC1. The summed E-state index contributed by atoms with van der Waals surface area (Å²) in [5, 5.41) is 5.08. The summed E-state index contributed by atoms with van der Waals surface area (Å²) in [6.07, 6.45) is 1.77. The van der Waals surface area contributed by atoms with Crippen molar-refractivity contribution in [1.82, 2.24) is 9.62 Å². The average molecular weight is 451 g/mol. The molecule has 0 unspecified atom stereocenters. The summed E-state index contributed by atoms with van der Waals surface area (Å²) in [5.41, 5.74) is 1.00. The van der Waals surface area contributed by atoms with Gasteiger partial charge in [0, 0.05) is 31.0 Å². The van der Waals surface area contributed by atoms with E-state index in [1.807, 2.05) is 54.6 Å². The van der Waals surface area contributed by atoms with Gasteiger partial charge in [-0.15, -0.1) is 0 Å². The van der Waals surface area contributed by atoms with Crippen molar-refractivity contribution in [1.29, 1.82) is 0 Å². The Morgan fingerprint density at radius 2 is 1.62 bits per heavy atom. The molecular weight excluding hydrogens is 424 g/mol. The summed E-state index contributed by atoms with van der Waals surface area (Å²) in [4.78, 5) is 13.2. The molecule has 1 atom stereocenters. The van der Waals surface area contributed by atoms with Crippen LogP contribution in [0.5, 0.6) is 5.75 Å². The maximum Gasteiger partial charge on any atom is 0.243 e. The van der Waals surface area contributed by atoms with Gasteiger partial charge in [0.05, 0.1) is 17.5 Å². The lowest BCUT2D eigenvalue weighted by Crippen LogP contribution is -2.44. The zero-order chi connectivity index (χ0) is 22.1. The molecule has 1 saturated heterocycles. The van der Waals surface area contributed by atoms with Crippen LogP contribution in [0.1, 0.15) is 30.9 Å². The van der Waals surface area contributed by atoms with Crippen molar-refractivity contribution in [3.8, 4) is 5.75 Å². The van der Waals surface area contributed by atoms with Crippen LogP contribution in [0.3, 0.4) is 0 Å². The predicted molar refractivity (Wildman–Crippen MR) is 123 cm³/mol. The molecule has 3 aromatic rings. The zero-order valence-corrected chi connectivity index (χ0v) is 18.6. The molecule has 5 rings (SSSR count). The summed E-state index contributed by atoms with van der Waals surface area (Å²) in [6, 6.07) is 20.7.